The zero-order valence-corrected chi connectivity index (χ0v) is 37.4. The molecule has 1 rings (SSSR count). The minimum Gasteiger partial charge on any atom is -0.449 e. The third-order valence-corrected chi connectivity index (χ3v) is 11.6. The van der Waals surface area contributed by atoms with E-state index in [0.717, 1.165) is 44.3 Å². The van der Waals surface area contributed by atoms with Crippen LogP contribution in [-0.4, -0.2) is 54.3 Å². The number of aromatic nitrogens is 1. The number of nitrogens with zero attached hydrogens (tertiary/aromatic N) is 2. The molecule has 0 radical (unpaired) electrons. The van der Waals surface area contributed by atoms with E-state index in [0.29, 0.717) is 31.1 Å². The number of unbranched alkanes of at least 4 members (excludes halogenated alkanes) is 26. The number of ether oxygens (including phenoxy) is 2. The molecule has 1 N–H and O–H groups in total. The van der Waals surface area contributed by atoms with Crippen molar-refractivity contribution in [3.05, 3.63) is 30.1 Å². The van der Waals surface area contributed by atoms with Gasteiger partial charge in [0.1, 0.15) is 26.3 Å². The quantitative estimate of drug-likeness (QED) is 0.0527. The first-order valence-corrected chi connectivity index (χ1v) is 24.6. The van der Waals surface area contributed by atoms with Crippen LogP contribution < -0.4 is 9.88 Å². The van der Waals surface area contributed by atoms with Crippen LogP contribution in [0.15, 0.2) is 24.4 Å². The van der Waals surface area contributed by atoms with Crippen LogP contribution in [0.5, 0.6) is 0 Å². The largest absolute Gasteiger partial charge is 0.449 e. The molecule has 1 aromatic rings. The summed E-state index contributed by atoms with van der Waals surface area (Å²) in [6.45, 7) is 8.68. The summed E-state index contributed by atoms with van der Waals surface area (Å²) in [6.07, 6.45) is 37.4. The zero-order valence-electron chi connectivity index (χ0n) is 36.6. The second-order valence-electron chi connectivity index (χ2n) is 15.7. The highest BCUT2D eigenvalue weighted by molar-refractivity contribution is 7.99. The van der Waals surface area contributed by atoms with Gasteiger partial charge in [0.15, 0.2) is 6.20 Å². The Hall–Kier alpha value is -2.29. The lowest BCUT2D eigenvalue weighted by Gasteiger charge is -2.19. The minimum atomic E-state index is -0.591. The summed E-state index contributed by atoms with van der Waals surface area (Å²) < 4.78 is 12.9. The Morgan fingerprint density at radius 1 is 0.589 bits per heavy atom. The van der Waals surface area contributed by atoms with E-state index < -0.39 is 6.09 Å². The summed E-state index contributed by atoms with van der Waals surface area (Å²) in [7, 11) is 0. The normalized spacial score (nSPS) is 11.1. The molecule has 0 bridgehead atoms. The molecule has 0 aliphatic heterocycles. The molecule has 3 amide bonds. The van der Waals surface area contributed by atoms with Crippen LogP contribution in [0.4, 0.5) is 9.59 Å². The maximum atomic E-state index is 13.3. The van der Waals surface area contributed by atoms with Crippen molar-refractivity contribution in [3.63, 3.8) is 0 Å². The molecule has 8 nitrogen and oxygen atoms in total. The van der Waals surface area contributed by atoms with Crippen LogP contribution >= 0.6 is 11.8 Å². The van der Waals surface area contributed by atoms with E-state index in [-0.39, 0.29) is 25.2 Å². The molecule has 0 unspecified atom stereocenters. The van der Waals surface area contributed by atoms with Gasteiger partial charge in [-0.2, -0.15) is 11.8 Å². The van der Waals surface area contributed by atoms with E-state index in [1.807, 2.05) is 35.9 Å². The maximum Gasteiger partial charge on any atom is 0.417 e. The van der Waals surface area contributed by atoms with Gasteiger partial charge in [-0.25, -0.2) is 19.1 Å². The number of pyridine rings is 1. The predicted molar refractivity (Wildman–Crippen MR) is 236 cm³/mol. The van der Waals surface area contributed by atoms with E-state index in [4.69, 9.17) is 9.47 Å². The van der Waals surface area contributed by atoms with E-state index in [9.17, 15) is 14.4 Å². The van der Waals surface area contributed by atoms with E-state index in [1.165, 1.54) is 153 Å². The summed E-state index contributed by atoms with van der Waals surface area (Å²) in [5.74, 6) is 1.00. The fraction of sp³-hybridized carbons (Fsp3) is 0.830. The van der Waals surface area contributed by atoms with E-state index in [1.54, 1.807) is 11.8 Å². The lowest BCUT2D eigenvalue weighted by atomic mass is 10.0. The highest BCUT2D eigenvalue weighted by atomic mass is 32.2. The fourth-order valence-corrected chi connectivity index (χ4v) is 7.71. The molecule has 1 aromatic heterocycles. The van der Waals surface area contributed by atoms with Crippen molar-refractivity contribution in [2.45, 2.75) is 220 Å². The number of imide groups is 1. The molecule has 1 heterocycles. The first-order valence-electron chi connectivity index (χ1n) is 23.5. The van der Waals surface area contributed by atoms with E-state index >= 15 is 0 Å². The number of rotatable bonds is 39. The number of hydrogen-bond acceptors (Lipinski definition) is 6. The fourth-order valence-electron chi connectivity index (χ4n) is 7.11. The lowest BCUT2D eigenvalue weighted by Crippen LogP contribution is -2.43. The van der Waals surface area contributed by atoms with Gasteiger partial charge < -0.3 is 14.8 Å². The van der Waals surface area contributed by atoms with Gasteiger partial charge in [-0.05, 0) is 19.8 Å². The number of nitrogens with one attached hydrogen (secondary N) is 1. The van der Waals surface area contributed by atoms with Crippen LogP contribution in [0.2, 0.25) is 0 Å². The number of amides is 3. The van der Waals surface area contributed by atoms with Crippen LogP contribution in [0.3, 0.4) is 0 Å². The van der Waals surface area contributed by atoms with Crippen molar-refractivity contribution >= 4 is 29.9 Å². The molecule has 0 fully saturated rings. The van der Waals surface area contributed by atoms with Crippen molar-refractivity contribution in [1.82, 2.24) is 10.2 Å². The molecule has 9 heteroatoms. The average Bonchev–Trinajstić information content (AvgIpc) is 3.21. The Balaban J connectivity index is 2.16. The molecule has 0 aromatic carbocycles. The van der Waals surface area contributed by atoms with Crippen molar-refractivity contribution in [2.24, 2.45) is 0 Å². The number of thioether (sulfide) groups is 1. The van der Waals surface area contributed by atoms with Gasteiger partial charge in [-0.3, -0.25) is 4.79 Å². The molecule has 0 atom stereocenters. The smallest absolute Gasteiger partial charge is 0.417 e. The first-order chi connectivity index (χ1) is 27.5. The standard InChI is InChI=1S/C47H85N3O5S/c1-4-7-9-11-13-15-17-19-20-22-24-26-28-30-33-37-48-46(52)54-39-41-56-42-40-55-47(53)50(43-44-35-32-34-38-49(44)6-3)45(51)36-31-29-27-25-23-21-18-16-14-12-10-8-5-2/h32,34-35,38H,4-31,33,36-37,39-43H2,1-3H3/p+1. The molecule has 56 heavy (non-hydrogen) atoms. The third kappa shape index (κ3) is 30.8. The number of alkyl carbamates (subject to hydrolysis) is 1. The molecule has 324 valence electrons. The van der Waals surface area contributed by atoms with Gasteiger partial charge in [-0.15, -0.1) is 0 Å². The SMILES string of the molecule is CCCCCCCCCCCCCCCCCNC(=O)OCCSCCOC(=O)N(Cc1cccc[n+]1CC)C(=O)CCCCCCCCCCCCCCC. The Bertz CT molecular complexity index is 1070. The summed E-state index contributed by atoms with van der Waals surface area (Å²) in [5, 5.41) is 2.86. The number of carbonyl (C=O) groups is 3. The van der Waals surface area contributed by atoms with Gasteiger partial charge in [0.05, 0.1) is 0 Å². The minimum absolute atomic E-state index is 0.180. The monoisotopic (exact) mass is 805 g/mol. The van der Waals surface area contributed by atoms with Crippen molar-refractivity contribution in [3.8, 4) is 0 Å². The molecule has 0 aliphatic carbocycles. The van der Waals surface area contributed by atoms with Crippen molar-refractivity contribution in [2.75, 3.05) is 31.3 Å². The maximum absolute atomic E-state index is 13.3. The Kier molecular flexibility index (Phi) is 36.5. The molecule has 0 saturated carbocycles. The van der Waals surface area contributed by atoms with Gasteiger partial charge in [0, 0.05) is 36.6 Å². The van der Waals surface area contributed by atoms with Crippen molar-refractivity contribution < 1.29 is 28.4 Å². The molecule has 0 spiro atoms. The first kappa shape index (κ1) is 51.7. The predicted octanol–water partition coefficient (Wildman–Crippen LogP) is 13.3. The Labute approximate surface area is 348 Å². The summed E-state index contributed by atoms with van der Waals surface area (Å²) in [5.41, 5.74) is 0.898. The highest BCUT2D eigenvalue weighted by Gasteiger charge is 2.26. The second kappa shape index (κ2) is 39.5. The number of aryl methyl sites for hydroxylation is 1. The molecular formula is C47H86N3O5S+. The van der Waals surface area contributed by atoms with Gasteiger partial charge in [0.25, 0.3) is 0 Å². The third-order valence-electron chi connectivity index (χ3n) is 10.7. The molecule has 0 aliphatic rings. The molecule has 0 saturated heterocycles. The van der Waals surface area contributed by atoms with Gasteiger partial charge in [-0.1, -0.05) is 187 Å². The Morgan fingerprint density at radius 2 is 1.04 bits per heavy atom. The van der Waals surface area contributed by atoms with Gasteiger partial charge in [0.2, 0.25) is 11.6 Å². The molecular weight excluding hydrogens is 719 g/mol. The van der Waals surface area contributed by atoms with E-state index in [2.05, 4.69) is 19.2 Å². The van der Waals surface area contributed by atoms with Crippen LogP contribution in [0.1, 0.15) is 213 Å². The summed E-state index contributed by atoms with van der Waals surface area (Å²) >= 11 is 1.56. The van der Waals surface area contributed by atoms with Crippen LogP contribution in [0, 0.1) is 0 Å². The lowest BCUT2D eigenvalue weighted by molar-refractivity contribution is -0.701. The van der Waals surface area contributed by atoms with Gasteiger partial charge >= 0.3 is 12.2 Å². The Morgan fingerprint density at radius 3 is 1.52 bits per heavy atom. The summed E-state index contributed by atoms with van der Waals surface area (Å²) in [4.78, 5) is 39.8. The average molecular weight is 805 g/mol. The summed E-state index contributed by atoms with van der Waals surface area (Å²) in [6, 6.07) is 5.84. The van der Waals surface area contributed by atoms with Crippen LogP contribution in [0.25, 0.3) is 0 Å². The number of hydrogen-bond donors (Lipinski definition) is 1. The van der Waals surface area contributed by atoms with Crippen LogP contribution in [-0.2, 0) is 27.4 Å². The number of carbonyl (C=O) groups excluding carboxylic acids is 3. The second-order valence-corrected chi connectivity index (χ2v) is 16.9. The highest BCUT2D eigenvalue weighted by Crippen LogP contribution is 2.16. The van der Waals surface area contributed by atoms with Crippen molar-refractivity contribution in [1.29, 1.82) is 0 Å². The topological polar surface area (TPSA) is 88.8 Å². The zero-order chi connectivity index (χ0) is 40.6.